The molecular weight excluding hydrogens is 284 g/mol. The molecule has 0 atom stereocenters. The van der Waals surface area contributed by atoms with Gasteiger partial charge in [-0.1, -0.05) is 6.07 Å². The molecule has 0 saturated carbocycles. The van der Waals surface area contributed by atoms with Gasteiger partial charge in [0.25, 0.3) is 5.91 Å². The molecule has 0 saturated heterocycles. The van der Waals surface area contributed by atoms with Gasteiger partial charge in [-0.25, -0.2) is 0 Å². The first-order valence-corrected chi connectivity index (χ1v) is 7.50. The van der Waals surface area contributed by atoms with Crippen LogP contribution >= 0.6 is 11.6 Å². The smallest absolute Gasteiger partial charge is 0.256 e. The van der Waals surface area contributed by atoms with Crippen molar-refractivity contribution in [3.8, 4) is 0 Å². The van der Waals surface area contributed by atoms with Gasteiger partial charge in [0.2, 0.25) is 0 Å². The van der Waals surface area contributed by atoms with Gasteiger partial charge < -0.3 is 10.3 Å². The number of alkyl halides is 1. The molecule has 0 aliphatic carbocycles. The maximum Gasteiger partial charge on any atom is 0.256 e. The summed E-state index contributed by atoms with van der Waals surface area (Å²) in [6.45, 7) is 4.05. The summed E-state index contributed by atoms with van der Waals surface area (Å²) in [7, 11) is 0. The summed E-state index contributed by atoms with van der Waals surface area (Å²) in [6.07, 6.45) is 2.73. The molecule has 0 unspecified atom stereocenters. The van der Waals surface area contributed by atoms with Gasteiger partial charge in [0.05, 0.1) is 5.57 Å². The molecule has 1 aromatic carbocycles. The van der Waals surface area contributed by atoms with Crippen LogP contribution in [-0.2, 0) is 11.2 Å². The fourth-order valence-electron chi connectivity index (χ4n) is 2.69. The average Bonchev–Trinajstić information content (AvgIpc) is 2.91. The molecule has 1 aliphatic rings. The maximum atomic E-state index is 12.2. The van der Waals surface area contributed by atoms with E-state index in [1.54, 1.807) is 0 Å². The van der Waals surface area contributed by atoms with Crippen molar-refractivity contribution in [3.63, 3.8) is 0 Å². The highest BCUT2D eigenvalue weighted by Crippen LogP contribution is 2.34. The van der Waals surface area contributed by atoms with E-state index in [2.05, 4.69) is 16.4 Å². The number of anilines is 1. The third-order valence-corrected chi connectivity index (χ3v) is 3.92. The van der Waals surface area contributed by atoms with E-state index in [9.17, 15) is 4.79 Å². The Morgan fingerprint density at radius 1 is 1.24 bits per heavy atom. The van der Waals surface area contributed by atoms with Gasteiger partial charge in [-0.3, -0.25) is 4.79 Å². The van der Waals surface area contributed by atoms with E-state index in [1.165, 1.54) is 0 Å². The topological polar surface area (TPSA) is 44.9 Å². The maximum absolute atomic E-state index is 12.2. The number of fused-ring (bicyclic) bond motifs is 1. The van der Waals surface area contributed by atoms with Gasteiger partial charge in [-0.2, -0.15) is 0 Å². The molecule has 2 heterocycles. The molecular formula is C17H17ClN2O. The molecule has 0 fully saturated rings. The van der Waals surface area contributed by atoms with Crippen LogP contribution in [0.25, 0.3) is 11.6 Å². The molecule has 4 heteroatoms. The summed E-state index contributed by atoms with van der Waals surface area (Å²) >= 11 is 5.80. The average molecular weight is 301 g/mol. The molecule has 0 bridgehead atoms. The number of rotatable bonds is 3. The number of benzene rings is 1. The van der Waals surface area contributed by atoms with Crippen LogP contribution in [0, 0.1) is 13.8 Å². The Bertz CT molecular complexity index is 743. The molecule has 3 rings (SSSR count). The van der Waals surface area contributed by atoms with E-state index in [-0.39, 0.29) is 5.91 Å². The van der Waals surface area contributed by atoms with Crippen molar-refractivity contribution < 1.29 is 4.79 Å². The Hall–Kier alpha value is -2.00. The van der Waals surface area contributed by atoms with Crippen LogP contribution in [0.2, 0.25) is 0 Å². The minimum atomic E-state index is -0.0559. The number of amides is 1. The Morgan fingerprint density at radius 2 is 2.05 bits per heavy atom. The third-order valence-electron chi connectivity index (χ3n) is 3.73. The summed E-state index contributed by atoms with van der Waals surface area (Å²) < 4.78 is 0. The molecule has 0 spiro atoms. The largest absolute Gasteiger partial charge is 0.359 e. The van der Waals surface area contributed by atoms with Crippen molar-refractivity contribution in [3.05, 3.63) is 52.3 Å². The summed E-state index contributed by atoms with van der Waals surface area (Å²) in [5.41, 5.74) is 6.87. The number of nitrogens with one attached hydrogen (secondary N) is 2. The third kappa shape index (κ3) is 2.61. The van der Waals surface area contributed by atoms with E-state index >= 15 is 0 Å². The number of aromatic nitrogens is 1. The molecule has 21 heavy (non-hydrogen) atoms. The lowest BCUT2D eigenvalue weighted by molar-refractivity contribution is -0.110. The first kappa shape index (κ1) is 14.0. The Labute approximate surface area is 129 Å². The van der Waals surface area contributed by atoms with Crippen molar-refractivity contribution >= 4 is 34.8 Å². The summed E-state index contributed by atoms with van der Waals surface area (Å²) in [4.78, 5) is 15.5. The number of hydrogen-bond acceptors (Lipinski definition) is 1. The van der Waals surface area contributed by atoms with Crippen LogP contribution in [0.4, 0.5) is 5.69 Å². The van der Waals surface area contributed by atoms with Crippen LogP contribution in [0.3, 0.4) is 0 Å². The lowest BCUT2D eigenvalue weighted by atomic mass is 10.0. The molecule has 2 N–H and O–H groups in total. The van der Waals surface area contributed by atoms with Crippen LogP contribution in [-0.4, -0.2) is 16.8 Å². The van der Waals surface area contributed by atoms with Crippen LogP contribution in [0.5, 0.6) is 0 Å². The highest BCUT2D eigenvalue weighted by atomic mass is 35.5. The monoisotopic (exact) mass is 300 g/mol. The van der Waals surface area contributed by atoms with Crippen LogP contribution in [0.15, 0.2) is 24.3 Å². The van der Waals surface area contributed by atoms with Gasteiger partial charge in [0.1, 0.15) is 0 Å². The van der Waals surface area contributed by atoms with Crippen molar-refractivity contribution in [2.45, 2.75) is 20.3 Å². The standard InChI is InChI=1S/C17H17ClN2O/c1-10-7-11(2)19-16(10)9-14-13-8-12(5-6-18)3-4-15(13)20-17(14)21/h3-4,7-9,19H,5-6H2,1-2H3,(H,20,21). The van der Waals surface area contributed by atoms with Gasteiger partial charge in [0.15, 0.2) is 0 Å². The fraction of sp³-hybridized carbons (Fsp3) is 0.235. The predicted molar refractivity (Wildman–Crippen MR) is 87.6 cm³/mol. The second-order valence-electron chi connectivity index (χ2n) is 5.38. The SMILES string of the molecule is Cc1cc(C)c(C=C2C(=O)Nc3ccc(CCCl)cc32)[nH]1. The zero-order valence-electron chi connectivity index (χ0n) is 12.1. The highest BCUT2D eigenvalue weighted by Gasteiger charge is 2.24. The van der Waals surface area contributed by atoms with E-state index in [0.29, 0.717) is 11.5 Å². The number of carbonyl (C=O) groups excluding carboxylic acids is 1. The quantitative estimate of drug-likeness (QED) is 0.655. The number of aromatic amines is 1. The molecule has 2 aromatic rings. The second-order valence-corrected chi connectivity index (χ2v) is 5.76. The van der Waals surface area contributed by atoms with Crippen LogP contribution < -0.4 is 5.32 Å². The minimum absolute atomic E-state index is 0.0559. The number of hydrogen-bond donors (Lipinski definition) is 2. The van der Waals surface area contributed by atoms with Crippen molar-refractivity contribution in [1.29, 1.82) is 0 Å². The molecule has 3 nitrogen and oxygen atoms in total. The van der Waals surface area contributed by atoms with Gasteiger partial charge in [-0.05, 0) is 55.7 Å². The Kier molecular flexibility index (Phi) is 3.60. The van der Waals surface area contributed by atoms with Crippen molar-refractivity contribution in [2.75, 3.05) is 11.2 Å². The van der Waals surface area contributed by atoms with E-state index < -0.39 is 0 Å². The Morgan fingerprint density at radius 3 is 2.71 bits per heavy atom. The first-order chi connectivity index (χ1) is 10.1. The highest BCUT2D eigenvalue weighted by molar-refractivity contribution is 6.34. The minimum Gasteiger partial charge on any atom is -0.359 e. The van der Waals surface area contributed by atoms with E-state index in [4.69, 9.17) is 11.6 Å². The number of H-pyrrole nitrogens is 1. The zero-order valence-corrected chi connectivity index (χ0v) is 12.8. The number of carbonyl (C=O) groups is 1. The fourth-order valence-corrected chi connectivity index (χ4v) is 2.91. The summed E-state index contributed by atoms with van der Waals surface area (Å²) in [5, 5.41) is 2.91. The molecule has 1 aliphatic heterocycles. The van der Waals surface area contributed by atoms with E-state index in [1.807, 2.05) is 38.1 Å². The normalized spacial score (nSPS) is 15.4. The molecule has 1 aromatic heterocycles. The lowest BCUT2D eigenvalue weighted by Gasteiger charge is -2.03. The second kappa shape index (κ2) is 5.41. The first-order valence-electron chi connectivity index (χ1n) is 6.97. The van der Waals surface area contributed by atoms with Gasteiger partial charge >= 0.3 is 0 Å². The van der Waals surface area contributed by atoms with Gasteiger partial charge in [0, 0.05) is 28.5 Å². The molecule has 1 amide bonds. The number of halogens is 1. The van der Waals surface area contributed by atoms with Crippen molar-refractivity contribution in [1.82, 2.24) is 4.98 Å². The summed E-state index contributed by atoms with van der Waals surface area (Å²) in [5.74, 6) is 0.522. The van der Waals surface area contributed by atoms with Crippen LogP contribution in [0.1, 0.15) is 28.1 Å². The van der Waals surface area contributed by atoms with Gasteiger partial charge in [-0.15, -0.1) is 11.6 Å². The predicted octanol–water partition coefficient (Wildman–Crippen LogP) is 3.91. The zero-order chi connectivity index (χ0) is 15.0. The molecule has 108 valence electrons. The summed E-state index contributed by atoms with van der Waals surface area (Å²) in [6, 6.07) is 8.08. The Balaban J connectivity index is 2.07. The molecule has 0 radical (unpaired) electrons. The lowest BCUT2D eigenvalue weighted by Crippen LogP contribution is -2.03. The van der Waals surface area contributed by atoms with E-state index in [0.717, 1.165) is 40.2 Å². The van der Waals surface area contributed by atoms with Crippen molar-refractivity contribution in [2.24, 2.45) is 0 Å². The number of aryl methyl sites for hydroxylation is 3.